The first-order valence-corrected chi connectivity index (χ1v) is 15.1. The maximum atomic E-state index is 4.83. The predicted octanol–water partition coefficient (Wildman–Crippen LogP) is 6.99. The molecule has 0 unspecified atom stereocenters. The van der Waals surface area contributed by atoms with Gasteiger partial charge in [-0.3, -0.25) is 0 Å². The van der Waals surface area contributed by atoms with Crippen molar-refractivity contribution in [2.75, 3.05) is 0 Å². The van der Waals surface area contributed by atoms with Gasteiger partial charge in [0.15, 0.2) is 0 Å². The van der Waals surface area contributed by atoms with E-state index in [0.717, 1.165) is 5.66 Å². The molecule has 3 aromatic carbocycles. The average molecular weight is 501 g/mol. The Morgan fingerprint density at radius 1 is 0.571 bits per heavy atom. The number of hydrogen-bond acceptors (Lipinski definition) is 0. The zero-order chi connectivity index (χ0) is 19.8. The van der Waals surface area contributed by atoms with Gasteiger partial charge in [-0.2, -0.15) is 0 Å². The second-order valence-corrected chi connectivity index (χ2v) is 15.2. The van der Waals surface area contributed by atoms with E-state index < -0.39 is 18.4 Å². The SMILES string of the molecule is [Cl][Cu-]([Cl])[Cl].c1ccc([P+](c2ccccc2)(c2ccccc2)C2CCCC2)cc1. The van der Waals surface area contributed by atoms with E-state index >= 15 is 0 Å². The van der Waals surface area contributed by atoms with Gasteiger partial charge in [0.25, 0.3) is 0 Å². The molecule has 0 heterocycles. The Kier molecular flexibility index (Phi) is 8.73. The van der Waals surface area contributed by atoms with E-state index in [9.17, 15) is 0 Å². The Hall–Kier alpha value is -0.521. The molecule has 0 bridgehead atoms. The second kappa shape index (κ2) is 11.0. The van der Waals surface area contributed by atoms with Crippen LogP contribution in [0, 0.1) is 0 Å². The van der Waals surface area contributed by atoms with E-state index in [1.165, 1.54) is 41.6 Å². The van der Waals surface area contributed by atoms with Crippen molar-refractivity contribution in [3.05, 3.63) is 91.0 Å². The van der Waals surface area contributed by atoms with Crippen LogP contribution in [0.5, 0.6) is 0 Å². The molecule has 28 heavy (non-hydrogen) atoms. The number of benzene rings is 3. The zero-order valence-corrected chi connectivity index (χ0v) is 19.6. The minimum absolute atomic E-state index is 0.768. The molecule has 0 amide bonds. The van der Waals surface area contributed by atoms with Crippen LogP contribution in [0.2, 0.25) is 0 Å². The van der Waals surface area contributed by atoms with E-state index in [2.05, 4.69) is 91.0 Å². The van der Waals surface area contributed by atoms with Gasteiger partial charge >= 0.3 is 41.5 Å². The Labute approximate surface area is 186 Å². The Morgan fingerprint density at radius 2 is 0.857 bits per heavy atom. The summed E-state index contributed by atoms with van der Waals surface area (Å²) in [6, 6.07) is 33.9. The van der Waals surface area contributed by atoms with E-state index in [4.69, 9.17) is 30.3 Å². The first kappa shape index (κ1) is 22.2. The fourth-order valence-corrected chi connectivity index (χ4v) is 9.59. The smallest absolute Gasteiger partial charge is 0.0620 e. The van der Waals surface area contributed by atoms with Crippen molar-refractivity contribution in [2.24, 2.45) is 0 Å². The van der Waals surface area contributed by atoms with Gasteiger partial charge in [-0.15, -0.1) is 0 Å². The van der Waals surface area contributed by atoms with Crippen molar-refractivity contribution in [3.8, 4) is 0 Å². The maximum absolute atomic E-state index is 4.83. The van der Waals surface area contributed by atoms with Gasteiger partial charge in [0, 0.05) is 0 Å². The summed E-state index contributed by atoms with van der Waals surface area (Å²) in [5, 5.41) is 4.61. The minimum Gasteiger partial charge on any atom is -0.0620 e. The van der Waals surface area contributed by atoms with E-state index in [1.807, 2.05) is 0 Å². The van der Waals surface area contributed by atoms with Gasteiger partial charge in [0.1, 0.15) is 23.2 Å². The van der Waals surface area contributed by atoms with E-state index in [1.54, 1.807) is 0 Å². The van der Waals surface area contributed by atoms with E-state index in [0.29, 0.717) is 0 Å². The van der Waals surface area contributed by atoms with Gasteiger partial charge in [-0.05, 0) is 62.1 Å². The zero-order valence-electron chi connectivity index (χ0n) is 15.4. The minimum atomic E-state index is -1.60. The fourth-order valence-electron chi connectivity index (χ4n) is 4.36. The molecule has 0 N–H and O–H groups in total. The van der Waals surface area contributed by atoms with Crippen molar-refractivity contribution < 1.29 is 11.2 Å². The third-order valence-corrected chi connectivity index (χ3v) is 10.3. The third-order valence-electron chi connectivity index (χ3n) is 5.36. The first-order chi connectivity index (χ1) is 13.7. The molecule has 0 aliphatic heterocycles. The number of halogens is 3. The monoisotopic (exact) mass is 499 g/mol. The van der Waals surface area contributed by atoms with Crippen LogP contribution < -0.4 is 15.9 Å². The van der Waals surface area contributed by atoms with Gasteiger partial charge in [-0.25, -0.2) is 0 Å². The van der Waals surface area contributed by atoms with Gasteiger partial charge in [0.2, 0.25) is 0 Å². The van der Waals surface area contributed by atoms with Gasteiger partial charge in [0.05, 0.1) is 5.66 Å². The van der Waals surface area contributed by atoms with Crippen molar-refractivity contribution >= 4 is 53.5 Å². The molecule has 0 spiro atoms. The average Bonchev–Trinajstić information content (AvgIpc) is 3.26. The van der Waals surface area contributed by atoms with Crippen molar-refractivity contribution in [1.29, 1.82) is 0 Å². The van der Waals surface area contributed by atoms with Crippen LogP contribution in [0.3, 0.4) is 0 Å². The molecular weight excluding hydrogens is 477 g/mol. The molecule has 153 valence electrons. The summed E-state index contributed by atoms with van der Waals surface area (Å²) in [6.07, 6.45) is 5.46. The Morgan fingerprint density at radius 3 is 1.14 bits per heavy atom. The summed E-state index contributed by atoms with van der Waals surface area (Å²) < 4.78 is 0. The molecule has 1 saturated carbocycles. The molecular formula is C23H24Cl3CuP. The molecule has 0 aromatic heterocycles. The first-order valence-electron chi connectivity index (χ1n) is 9.32. The second-order valence-electron chi connectivity index (χ2n) is 6.80. The fraction of sp³-hybridized carbons (Fsp3) is 0.217. The molecule has 1 fully saturated rings. The van der Waals surface area contributed by atoms with Gasteiger partial charge < -0.3 is 0 Å². The van der Waals surface area contributed by atoms with Crippen LogP contribution in [0.15, 0.2) is 91.0 Å². The quantitative estimate of drug-likeness (QED) is 0.267. The molecule has 5 heteroatoms. The molecule has 0 radical (unpaired) electrons. The van der Waals surface area contributed by atoms with Crippen LogP contribution >= 0.6 is 37.6 Å². The summed E-state index contributed by atoms with van der Waals surface area (Å²) in [4.78, 5) is 0. The van der Waals surface area contributed by atoms with Crippen LogP contribution in [0.1, 0.15) is 25.7 Å². The summed E-state index contributed by atoms with van der Waals surface area (Å²) in [7, 11) is 12.9. The van der Waals surface area contributed by atoms with Crippen molar-refractivity contribution in [3.63, 3.8) is 0 Å². The van der Waals surface area contributed by atoms with E-state index in [-0.39, 0.29) is 0 Å². The molecule has 1 aliphatic rings. The normalized spacial score (nSPS) is 14.9. The summed E-state index contributed by atoms with van der Waals surface area (Å²) >= 11 is -0.896. The summed E-state index contributed by atoms with van der Waals surface area (Å²) in [6.45, 7) is 0. The molecule has 3 aromatic rings. The van der Waals surface area contributed by atoms with Crippen LogP contribution in [0.4, 0.5) is 0 Å². The van der Waals surface area contributed by atoms with Crippen LogP contribution in [-0.2, 0) is 11.2 Å². The maximum Gasteiger partial charge on any atom is 0.115 e. The molecule has 0 atom stereocenters. The van der Waals surface area contributed by atoms with Crippen molar-refractivity contribution in [1.82, 2.24) is 0 Å². The molecule has 1 aliphatic carbocycles. The largest absolute Gasteiger partial charge is 0.115 e. The summed E-state index contributed by atoms with van der Waals surface area (Å²) in [5.74, 6) is 0. The molecule has 4 rings (SSSR count). The standard InChI is InChI=1S/C23H24P.3ClH.Cu/c1-4-12-20(13-5-1)24(23-18-10-11-19-23,21-14-6-2-7-15-21)22-16-8-3-9-17-22;;;;/h1-9,12-17,23H,10-11,18-19H2;3*1H;/q+1;;;;+2/p-3. The third kappa shape index (κ3) is 5.14. The number of rotatable bonds is 4. The van der Waals surface area contributed by atoms with Crippen LogP contribution in [0.25, 0.3) is 0 Å². The molecule has 0 saturated heterocycles. The van der Waals surface area contributed by atoms with Crippen molar-refractivity contribution in [2.45, 2.75) is 31.3 Å². The Balaban J connectivity index is 0.000000516. The number of hydrogen-bond donors (Lipinski definition) is 0. The van der Waals surface area contributed by atoms with Crippen LogP contribution in [-0.4, -0.2) is 5.66 Å². The Bertz CT molecular complexity index is 723. The van der Waals surface area contributed by atoms with Gasteiger partial charge in [-0.1, -0.05) is 54.6 Å². The summed E-state index contributed by atoms with van der Waals surface area (Å²) in [5.41, 5.74) is 0.768. The predicted molar refractivity (Wildman–Crippen MR) is 125 cm³/mol. The molecule has 0 nitrogen and oxygen atoms in total. The topological polar surface area (TPSA) is 0 Å².